The number of aryl methyl sites for hydroxylation is 1. The van der Waals surface area contributed by atoms with E-state index in [-0.39, 0.29) is 23.0 Å². The Labute approximate surface area is 233 Å². The predicted octanol–water partition coefficient (Wildman–Crippen LogP) is 3.91. The summed E-state index contributed by atoms with van der Waals surface area (Å²) < 4.78 is 13.0. The fourth-order valence-electron chi connectivity index (χ4n) is 5.20. The average molecular weight is 543 g/mol. The van der Waals surface area contributed by atoms with Gasteiger partial charge in [-0.25, -0.2) is 9.97 Å². The summed E-state index contributed by atoms with van der Waals surface area (Å²) in [6, 6.07) is 8.72. The van der Waals surface area contributed by atoms with E-state index in [1.807, 2.05) is 40.1 Å². The number of anilines is 2. The van der Waals surface area contributed by atoms with Gasteiger partial charge in [0.2, 0.25) is 17.6 Å². The molecule has 1 aromatic carbocycles. The summed E-state index contributed by atoms with van der Waals surface area (Å²) in [4.78, 5) is 24.9. The molecule has 0 unspecified atom stereocenters. The number of aromatic nitrogens is 6. The van der Waals surface area contributed by atoms with E-state index >= 15 is 0 Å². The first-order valence-electron chi connectivity index (χ1n) is 13.6. The molecular formula is C29H34N8O3. The molecule has 11 nitrogen and oxygen atoms in total. The van der Waals surface area contributed by atoms with Gasteiger partial charge in [0.1, 0.15) is 0 Å². The van der Waals surface area contributed by atoms with E-state index in [1.165, 1.54) is 11.1 Å². The molecule has 0 radical (unpaired) electrons. The van der Waals surface area contributed by atoms with Gasteiger partial charge in [0.25, 0.3) is 5.89 Å². The molecule has 0 spiro atoms. The normalized spacial score (nSPS) is 18.1. The first-order chi connectivity index (χ1) is 19.2. The van der Waals surface area contributed by atoms with Crippen molar-refractivity contribution in [3.63, 3.8) is 0 Å². The summed E-state index contributed by atoms with van der Waals surface area (Å²) in [5, 5.41) is 15.6. The molecule has 0 saturated carbocycles. The SMILES string of the molecule is Cn1cc(Nc2nccc(-c3ccc4c(c3)CCN(C3COC3)C[C@H]4CC(=O)c3nnc(C(C)(C)C)o3)n2)cn1. The van der Waals surface area contributed by atoms with Gasteiger partial charge in [-0.1, -0.05) is 32.9 Å². The molecule has 5 heterocycles. The Morgan fingerprint density at radius 3 is 2.73 bits per heavy atom. The largest absolute Gasteiger partial charge is 0.418 e. The lowest BCUT2D eigenvalue weighted by molar-refractivity contribution is -0.0653. The van der Waals surface area contributed by atoms with Crippen LogP contribution < -0.4 is 5.32 Å². The van der Waals surface area contributed by atoms with Crippen LogP contribution in [0, 0.1) is 0 Å². The maximum atomic E-state index is 13.3. The zero-order valence-electron chi connectivity index (χ0n) is 23.3. The van der Waals surface area contributed by atoms with Crippen molar-refractivity contribution in [1.82, 2.24) is 34.8 Å². The number of nitrogens with zero attached hydrogens (tertiary/aromatic N) is 7. The number of rotatable bonds is 7. The number of ketones is 1. The van der Waals surface area contributed by atoms with Gasteiger partial charge >= 0.3 is 0 Å². The third kappa shape index (κ3) is 5.52. The van der Waals surface area contributed by atoms with E-state index in [0.717, 1.165) is 49.7 Å². The molecule has 3 aromatic heterocycles. The molecule has 2 aliphatic rings. The van der Waals surface area contributed by atoms with Crippen LogP contribution in [0.5, 0.6) is 0 Å². The van der Waals surface area contributed by atoms with Gasteiger partial charge in [0, 0.05) is 55.8 Å². The third-order valence-corrected chi connectivity index (χ3v) is 7.49. The van der Waals surface area contributed by atoms with Crippen molar-refractivity contribution in [2.24, 2.45) is 7.05 Å². The first-order valence-corrected chi connectivity index (χ1v) is 13.6. The summed E-state index contributed by atoms with van der Waals surface area (Å²) in [6.07, 6.45) is 6.54. The minimum absolute atomic E-state index is 0.00200. The highest BCUT2D eigenvalue weighted by atomic mass is 16.5. The van der Waals surface area contributed by atoms with Gasteiger partial charge in [-0.05, 0) is 29.7 Å². The highest BCUT2D eigenvalue weighted by Crippen LogP contribution is 2.34. The van der Waals surface area contributed by atoms with E-state index in [2.05, 4.69) is 48.7 Å². The van der Waals surface area contributed by atoms with Gasteiger partial charge in [-0.15, -0.1) is 10.2 Å². The van der Waals surface area contributed by atoms with Crippen LogP contribution in [0.25, 0.3) is 11.3 Å². The smallest absolute Gasteiger partial charge is 0.284 e. The molecule has 40 heavy (non-hydrogen) atoms. The maximum absolute atomic E-state index is 13.3. The maximum Gasteiger partial charge on any atom is 0.284 e. The van der Waals surface area contributed by atoms with Crippen LogP contribution in [0.4, 0.5) is 11.6 Å². The van der Waals surface area contributed by atoms with E-state index in [1.54, 1.807) is 17.1 Å². The number of hydrogen-bond donors (Lipinski definition) is 1. The zero-order chi connectivity index (χ0) is 27.9. The monoisotopic (exact) mass is 542 g/mol. The molecule has 208 valence electrons. The molecule has 1 fully saturated rings. The Hall–Kier alpha value is -3.96. The Balaban J connectivity index is 1.27. The van der Waals surface area contributed by atoms with E-state index in [4.69, 9.17) is 14.1 Å². The number of hydrogen-bond acceptors (Lipinski definition) is 10. The number of carbonyl (C=O) groups excluding carboxylic acids is 1. The second-order valence-electron chi connectivity index (χ2n) is 11.6. The minimum atomic E-state index is -0.313. The van der Waals surface area contributed by atoms with Crippen molar-refractivity contribution in [2.75, 3.05) is 31.6 Å². The second-order valence-corrected chi connectivity index (χ2v) is 11.6. The van der Waals surface area contributed by atoms with Crippen LogP contribution in [0.15, 0.2) is 47.3 Å². The van der Waals surface area contributed by atoms with Gasteiger partial charge in [-0.3, -0.25) is 14.4 Å². The van der Waals surface area contributed by atoms with Crippen LogP contribution in [-0.4, -0.2) is 73.0 Å². The number of nitrogens with one attached hydrogen (secondary N) is 1. The van der Waals surface area contributed by atoms with Gasteiger partial charge in [-0.2, -0.15) is 5.10 Å². The van der Waals surface area contributed by atoms with Gasteiger partial charge in [0.15, 0.2) is 0 Å². The number of carbonyl (C=O) groups is 1. The standard InChI is InChI=1S/C29H34N8O3/c1-29(2,3)27-35-34-26(40-27)25(38)12-20-14-37(22-16-39-17-22)10-8-18-11-19(5-6-23(18)20)24-7-9-30-28(33-24)32-21-13-31-36(4)15-21/h5-7,9,11,13,15,20,22H,8,10,12,14,16-17H2,1-4H3,(H,30,32,33)/t20-/m1/s1. The van der Waals surface area contributed by atoms with Crippen LogP contribution in [0.2, 0.25) is 0 Å². The van der Waals surface area contributed by atoms with E-state index < -0.39 is 0 Å². The van der Waals surface area contributed by atoms with Crippen molar-refractivity contribution < 1.29 is 13.9 Å². The average Bonchev–Trinajstić information content (AvgIpc) is 3.51. The lowest BCUT2D eigenvalue weighted by Crippen LogP contribution is -2.50. The van der Waals surface area contributed by atoms with Crippen LogP contribution in [0.1, 0.15) is 60.8 Å². The molecule has 1 atom stereocenters. The van der Waals surface area contributed by atoms with Crippen molar-refractivity contribution in [3.05, 3.63) is 65.8 Å². The molecule has 11 heteroatoms. The third-order valence-electron chi connectivity index (χ3n) is 7.49. The summed E-state index contributed by atoms with van der Waals surface area (Å²) in [5.74, 6) is 0.932. The Morgan fingerprint density at radius 1 is 1.18 bits per heavy atom. The van der Waals surface area contributed by atoms with Gasteiger partial charge < -0.3 is 14.5 Å². The Kier molecular flexibility index (Phi) is 6.93. The molecule has 2 aliphatic heterocycles. The van der Waals surface area contributed by atoms with Crippen molar-refractivity contribution >= 4 is 17.4 Å². The fraction of sp³-hybridized carbons (Fsp3) is 0.448. The Morgan fingerprint density at radius 2 is 2.02 bits per heavy atom. The topological polar surface area (TPSA) is 124 Å². The molecule has 0 amide bonds. The minimum Gasteiger partial charge on any atom is -0.418 e. The molecule has 0 bridgehead atoms. The molecule has 1 N–H and O–H groups in total. The fourth-order valence-corrected chi connectivity index (χ4v) is 5.20. The summed E-state index contributed by atoms with van der Waals surface area (Å²) in [6.45, 7) is 9.11. The van der Waals surface area contributed by atoms with E-state index in [0.29, 0.717) is 24.3 Å². The van der Waals surface area contributed by atoms with Gasteiger partial charge in [0.05, 0.1) is 36.8 Å². The molecule has 6 rings (SSSR count). The highest BCUT2D eigenvalue weighted by molar-refractivity contribution is 5.92. The molecular weight excluding hydrogens is 508 g/mol. The predicted molar refractivity (Wildman–Crippen MR) is 149 cm³/mol. The number of Topliss-reactive ketones (excluding diaryl/α,β-unsaturated/α-hetero) is 1. The quantitative estimate of drug-likeness (QED) is 0.344. The number of ether oxygens (including phenoxy) is 1. The van der Waals surface area contributed by atoms with Crippen molar-refractivity contribution in [2.45, 2.75) is 51.0 Å². The second kappa shape index (κ2) is 10.5. The van der Waals surface area contributed by atoms with E-state index in [9.17, 15) is 4.79 Å². The summed E-state index contributed by atoms with van der Waals surface area (Å²) >= 11 is 0. The number of benzene rings is 1. The zero-order valence-corrected chi connectivity index (χ0v) is 23.3. The summed E-state index contributed by atoms with van der Waals surface area (Å²) in [7, 11) is 1.86. The first kappa shape index (κ1) is 26.3. The van der Waals surface area contributed by atoms with Crippen molar-refractivity contribution in [1.29, 1.82) is 0 Å². The molecule has 0 aliphatic carbocycles. The highest BCUT2D eigenvalue weighted by Gasteiger charge is 2.33. The lowest BCUT2D eigenvalue weighted by atomic mass is 9.88. The Bertz CT molecular complexity index is 1520. The van der Waals surface area contributed by atoms with Crippen LogP contribution in [0.3, 0.4) is 0 Å². The van der Waals surface area contributed by atoms with Crippen LogP contribution in [-0.2, 0) is 23.6 Å². The number of fused-ring (bicyclic) bond motifs is 1. The molecule has 1 saturated heterocycles. The lowest BCUT2D eigenvalue weighted by Gasteiger charge is -2.37. The summed E-state index contributed by atoms with van der Waals surface area (Å²) in [5.41, 5.74) is 4.74. The molecule has 4 aromatic rings. The van der Waals surface area contributed by atoms with Crippen molar-refractivity contribution in [3.8, 4) is 11.3 Å². The van der Waals surface area contributed by atoms with Crippen LogP contribution >= 0.6 is 0 Å².